The van der Waals surface area contributed by atoms with E-state index < -0.39 is 35.1 Å². The van der Waals surface area contributed by atoms with Gasteiger partial charge >= 0.3 is 0 Å². The predicted octanol–water partition coefficient (Wildman–Crippen LogP) is 5.45. The van der Waals surface area contributed by atoms with Gasteiger partial charge in [0.15, 0.2) is 11.6 Å². The number of fused-ring (bicyclic) bond motifs is 1. The number of aliphatic hydroxyl groups is 1. The lowest BCUT2D eigenvalue weighted by Crippen LogP contribution is -2.29. The van der Waals surface area contributed by atoms with E-state index in [1.807, 2.05) is 18.2 Å². The molecular formula is C27H17F2NO4. The molecule has 1 aliphatic heterocycles. The zero-order chi connectivity index (χ0) is 24.0. The Balaban J connectivity index is 1.78. The van der Waals surface area contributed by atoms with Crippen LogP contribution in [0.5, 0.6) is 5.75 Å². The molecule has 1 atom stereocenters. The quantitative estimate of drug-likeness (QED) is 0.244. The Hall–Kier alpha value is -4.52. The van der Waals surface area contributed by atoms with E-state index >= 15 is 0 Å². The number of hydrogen-bond donors (Lipinski definition) is 2. The van der Waals surface area contributed by atoms with Gasteiger partial charge in [0.2, 0.25) is 0 Å². The van der Waals surface area contributed by atoms with Crippen LogP contribution in [0.25, 0.3) is 16.5 Å². The summed E-state index contributed by atoms with van der Waals surface area (Å²) in [5.74, 6) is -4.67. The maximum Gasteiger partial charge on any atom is 0.300 e. The number of aromatic hydroxyl groups is 1. The third-order valence-electron chi connectivity index (χ3n) is 5.88. The second kappa shape index (κ2) is 8.12. The van der Waals surface area contributed by atoms with E-state index in [-0.39, 0.29) is 17.0 Å². The van der Waals surface area contributed by atoms with Gasteiger partial charge in [-0.3, -0.25) is 14.5 Å². The number of benzene rings is 4. The van der Waals surface area contributed by atoms with Crippen LogP contribution in [0.2, 0.25) is 0 Å². The molecule has 5 nitrogen and oxygen atoms in total. The summed E-state index contributed by atoms with van der Waals surface area (Å²) < 4.78 is 27.6. The lowest BCUT2D eigenvalue weighted by molar-refractivity contribution is -0.132. The minimum absolute atomic E-state index is 0.0393. The summed E-state index contributed by atoms with van der Waals surface area (Å²) in [6.45, 7) is 0. The molecule has 0 saturated carbocycles. The van der Waals surface area contributed by atoms with Crippen LogP contribution in [-0.2, 0) is 9.59 Å². The predicted molar refractivity (Wildman–Crippen MR) is 123 cm³/mol. The van der Waals surface area contributed by atoms with Crippen molar-refractivity contribution in [2.24, 2.45) is 0 Å². The van der Waals surface area contributed by atoms with E-state index in [1.165, 1.54) is 30.3 Å². The lowest BCUT2D eigenvalue weighted by atomic mass is 9.93. The molecule has 2 N–H and O–H groups in total. The molecule has 4 aromatic rings. The normalized spacial score (nSPS) is 17.5. The van der Waals surface area contributed by atoms with Gasteiger partial charge in [0.05, 0.1) is 11.6 Å². The SMILES string of the molecule is O=C1C(=O)N(c2ccc(F)c(F)c2)C(c2ccc(O)cc2)/C1=C(/O)c1cccc2ccccc12. The molecule has 5 rings (SSSR count). The van der Waals surface area contributed by atoms with Gasteiger partial charge in [-0.1, -0.05) is 54.6 Å². The van der Waals surface area contributed by atoms with Crippen molar-refractivity contribution < 1.29 is 28.6 Å². The molecule has 0 aliphatic carbocycles. The number of ketones is 1. The van der Waals surface area contributed by atoms with Crippen LogP contribution in [-0.4, -0.2) is 21.9 Å². The number of halogens is 2. The molecule has 4 aromatic carbocycles. The Morgan fingerprint density at radius 1 is 0.824 bits per heavy atom. The van der Waals surface area contributed by atoms with Crippen LogP contribution in [0, 0.1) is 11.6 Å². The van der Waals surface area contributed by atoms with Gasteiger partial charge in [0.1, 0.15) is 11.5 Å². The van der Waals surface area contributed by atoms with Crippen molar-refractivity contribution in [1.82, 2.24) is 0 Å². The minimum Gasteiger partial charge on any atom is -0.508 e. The largest absolute Gasteiger partial charge is 0.508 e. The van der Waals surface area contributed by atoms with Gasteiger partial charge in [-0.25, -0.2) is 8.78 Å². The Labute approximate surface area is 192 Å². The highest BCUT2D eigenvalue weighted by molar-refractivity contribution is 6.51. The standard InChI is InChI=1S/C27H17F2NO4/c28-21-13-10-17(14-22(21)29)30-24(16-8-11-18(31)12-9-16)23(26(33)27(30)34)25(32)20-7-3-5-15-4-1-2-6-19(15)20/h1-14,24,31-32H/b25-23-. The highest BCUT2D eigenvalue weighted by Crippen LogP contribution is 2.43. The molecule has 7 heteroatoms. The molecule has 1 heterocycles. The monoisotopic (exact) mass is 457 g/mol. The summed E-state index contributed by atoms with van der Waals surface area (Å²) >= 11 is 0. The molecule has 0 aromatic heterocycles. The molecule has 34 heavy (non-hydrogen) atoms. The number of Topliss-reactive ketones (excluding diaryl/α,β-unsaturated/α-hetero) is 1. The fourth-order valence-electron chi connectivity index (χ4n) is 4.28. The van der Waals surface area contributed by atoms with Gasteiger partial charge in [0.25, 0.3) is 11.7 Å². The number of carbonyl (C=O) groups is 2. The lowest BCUT2D eigenvalue weighted by Gasteiger charge is -2.25. The third kappa shape index (κ3) is 3.38. The molecule has 1 fully saturated rings. The first-order valence-electron chi connectivity index (χ1n) is 10.4. The molecule has 1 aliphatic rings. The van der Waals surface area contributed by atoms with Crippen LogP contribution in [0.1, 0.15) is 17.2 Å². The number of anilines is 1. The fraction of sp³-hybridized carbons (Fsp3) is 0.0370. The molecule has 0 spiro atoms. The van der Waals surface area contributed by atoms with Crippen molar-refractivity contribution >= 4 is 33.9 Å². The fourth-order valence-corrected chi connectivity index (χ4v) is 4.28. The Bertz CT molecular complexity index is 1490. The summed E-state index contributed by atoms with van der Waals surface area (Å²) in [6.07, 6.45) is 0. The molecule has 1 unspecified atom stereocenters. The Kier molecular flexibility index (Phi) is 5.09. The van der Waals surface area contributed by atoms with Crippen LogP contribution in [0.4, 0.5) is 14.5 Å². The number of phenols is 1. The Morgan fingerprint density at radius 3 is 2.26 bits per heavy atom. The highest BCUT2D eigenvalue weighted by atomic mass is 19.2. The van der Waals surface area contributed by atoms with Gasteiger partial charge in [-0.2, -0.15) is 0 Å². The minimum atomic E-state index is -1.18. The summed E-state index contributed by atoms with van der Waals surface area (Å²) in [7, 11) is 0. The number of phenolic OH excluding ortho intramolecular Hbond substituents is 1. The van der Waals surface area contributed by atoms with Crippen molar-refractivity contribution in [3.63, 3.8) is 0 Å². The van der Waals surface area contributed by atoms with E-state index in [1.54, 1.807) is 24.3 Å². The van der Waals surface area contributed by atoms with Gasteiger partial charge in [-0.05, 0) is 40.6 Å². The maximum absolute atomic E-state index is 14.0. The highest BCUT2D eigenvalue weighted by Gasteiger charge is 2.47. The smallest absolute Gasteiger partial charge is 0.300 e. The van der Waals surface area contributed by atoms with Crippen LogP contribution < -0.4 is 4.90 Å². The van der Waals surface area contributed by atoms with Crippen molar-refractivity contribution in [3.8, 4) is 5.75 Å². The van der Waals surface area contributed by atoms with Crippen molar-refractivity contribution in [3.05, 3.63) is 113 Å². The van der Waals surface area contributed by atoms with Gasteiger partial charge < -0.3 is 10.2 Å². The molecule has 1 saturated heterocycles. The van der Waals surface area contributed by atoms with Crippen LogP contribution in [0.3, 0.4) is 0 Å². The first-order valence-corrected chi connectivity index (χ1v) is 10.4. The topological polar surface area (TPSA) is 77.8 Å². The molecule has 0 radical (unpaired) electrons. The number of aliphatic hydroxyl groups excluding tert-OH is 1. The third-order valence-corrected chi connectivity index (χ3v) is 5.88. The first kappa shape index (κ1) is 21.3. The van der Waals surface area contributed by atoms with E-state index in [9.17, 15) is 28.6 Å². The van der Waals surface area contributed by atoms with Gasteiger partial charge in [-0.15, -0.1) is 0 Å². The van der Waals surface area contributed by atoms with Crippen LogP contribution in [0.15, 0.2) is 90.5 Å². The van der Waals surface area contributed by atoms with Crippen molar-refractivity contribution in [2.75, 3.05) is 4.90 Å². The second-order valence-corrected chi connectivity index (χ2v) is 7.89. The number of nitrogens with zero attached hydrogens (tertiary/aromatic N) is 1. The molecular weight excluding hydrogens is 440 g/mol. The number of amides is 1. The summed E-state index contributed by atoms with van der Waals surface area (Å²) in [5, 5.41) is 22.6. The Morgan fingerprint density at radius 2 is 1.53 bits per heavy atom. The molecule has 168 valence electrons. The van der Waals surface area contributed by atoms with Crippen LogP contribution >= 0.6 is 0 Å². The first-order chi connectivity index (χ1) is 16.4. The molecule has 0 bridgehead atoms. The van der Waals surface area contributed by atoms with Crippen molar-refractivity contribution in [1.29, 1.82) is 0 Å². The average Bonchev–Trinajstić information content (AvgIpc) is 3.11. The molecule has 1 amide bonds. The number of rotatable bonds is 3. The van der Waals surface area contributed by atoms with E-state index in [0.717, 1.165) is 22.4 Å². The average molecular weight is 457 g/mol. The maximum atomic E-state index is 14.0. The van der Waals surface area contributed by atoms with Crippen molar-refractivity contribution in [2.45, 2.75) is 6.04 Å². The van der Waals surface area contributed by atoms with E-state index in [2.05, 4.69) is 0 Å². The zero-order valence-corrected chi connectivity index (χ0v) is 17.6. The van der Waals surface area contributed by atoms with Gasteiger partial charge in [0, 0.05) is 17.3 Å². The van der Waals surface area contributed by atoms with E-state index in [0.29, 0.717) is 16.5 Å². The summed E-state index contributed by atoms with van der Waals surface area (Å²) in [5.41, 5.74) is 0.501. The number of carbonyl (C=O) groups excluding carboxylic acids is 2. The zero-order valence-electron chi connectivity index (χ0n) is 17.6. The van der Waals surface area contributed by atoms with E-state index in [4.69, 9.17) is 0 Å². The summed E-state index contributed by atoms with van der Waals surface area (Å²) in [4.78, 5) is 27.4. The summed E-state index contributed by atoms with van der Waals surface area (Å²) in [6, 6.07) is 19.9. The number of hydrogen-bond acceptors (Lipinski definition) is 4. The second-order valence-electron chi connectivity index (χ2n) is 7.89.